The number of unbranched alkanes of at least 4 members (excludes halogenated alkanes) is 7. The van der Waals surface area contributed by atoms with Crippen molar-refractivity contribution in [1.82, 2.24) is 0 Å². The van der Waals surface area contributed by atoms with Gasteiger partial charge in [-0.25, -0.2) is 4.57 Å². The number of benzene rings is 1. The van der Waals surface area contributed by atoms with E-state index < -0.39 is 0 Å². The Labute approximate surface area is 164 Å². The molecule has 1 aromatic carbocycles. The lowest BCUT2D eigenvalue weighted by molar-refractivity contribution is -0.697. The van der Waals surface area contributed by atoms with E-state index in [1.165, 1.54) is 44.9 Å². The van der Waals surface area contributed by atoms with E-state index in [-0.39, 0.29) is 0 Å². The molecule has 0 fully saturated rings. The summed E-state index contributed by atoms with van der Waals surface area (Å²) >= 11 is 0. The molecule has 4 nitrogen and oxygen atoms in total. The molecule has 27 heavy (non-hydrogen) atoms. The molecule has 0 amide bonds. The first kappa shape index (κ1) is 21.1. The predicted molar refractivity (Wildman–Crippen MR) is 109 cm³/mol. The van der Waals surface area contributed by atoms with Gasteiger partial charge in [0, 0.05) is 36.8 Å². The minimum Gasteiger partial charge on any atom is -0.496 e. The van der Waals surface area contributed by atoms with Gasteiger partial charge >= 0.3 is 0 Å². The summed E-state index contributed by atoms with van der Waals surface area (Å²) in [4.78, 5) is 0. The van der Waals surface area contributed by atoms with E-state index in [9.17, 15) is 0 Å². The molecule has 0 atom stereocenters. The summed E-state index contributed by atoms with van der Waals surface area (Å²) < 4.78 is 18.6. The molecule has 0 saturated heterocycles. The van der Waals surface area contributed by atoms with Gasteiger partial charge in [-0.15, -0.1) is 0 Å². The zero-order chi connectivity index (χ0) is 19.2. The van der Waals surface area contributed by atoms with E-state index in [2.05, 4.69) is 35.2 Å². The molecule has 0 bridgehead atoms. The second kappa shape index (κ2) is 13.0. The van der Waals surface area contributed by atoms with Crippen molar-refractivity contribution in [3.63, 3.8) is 0 Å². The maximum atomic E-state index is 5.83. The Morgan fingerprint density at radius 2 is 1.15 bits per heavy atom. The summed E-state index contributed by atoms with van der Waals surface area (Å²) in [5.74, 6) is 2.33. The molecular weight excluding hydrogens is 338 g/mol. The molecule has 4 heteroatoms. The second-order valence-electron chi connectivity index (χ2n) is 6.84. The lowest BCUT2D eigenvalue weighted by atomic mass is 10.1. The van der Waals surface area contributed by atoms with Gasteiger partial charge in [-0.2, -0.15) is 0 Å². The van der Waals surface area contributed by atoms with E-state index >= 15 is 0 Å². The SMILES string of the molecule is COc1cc(OC)cc(OCCCCCCCCCC[n+]2ccccc2)c1. The van der Waals surface area contributed by atoms with Crippen LogP contribution in [0.25, 0.3) is 0 Å². The minimum absolute atomic E-state index is 0.741. The molecule has 1 heterocycles. The molecule has 0 aliphatic rings. The monoisotopic (exact) mass is 372 g/mol. The molecule has 0 saturated carbocycles. The quantitative estimate of drug-likeness (QED) is 0.338. The van der Waals surface area contributed by atoms with Gasteiger partial charge in [0.05, 0.1) is 20.8 Å². The number of pyridine rings is 1. The van der Waals surface area contributed by atoms with Crippen LogP contribution in [0, 0.1) is 0 Å². The predicted octanol–water partition coefficient (Wildman–Crippen LogP) is 5.19. The van der Waals surface area contributed by atoms with Crippen molar-refractivity contribution in [2.45, 2.75) is 57.9 Å². The van der Waals surface area contributed by atoms with Crippen molar-refractivity contribution in [3.8, 4) is 17.2 Å². The van der Waals surface area contributed by atoms with Gasteiger partial charge in [0.15, 0.2) is 12.4 Å². The third-order valence-corrected chi connectivity index (χ3v) is 4.68. The molecule has 0 spiro atoms. The average Bonchev–Trinajstić information content (AvgIpc) is 2.72. The number of methoxy groups -OCH3 is 2. The second-order valence-corrected chi connectivity index (χ2v) is 6.84. The number of nitrogens with zero attached hydrogens (tertiary/aromatic N) is 1. The minimum atomic E-state index is 0.741. The van der Waals surface area contributed by atoms with Crippen LogP contribution in [0.4, 0.5) is 0 Å². The van der Waals surface area contributed by atoms with Gasteiger partial charge in [-0.3, -0.25) is 0 Å². The first-order valence-electron chi connectivity index (χ1n) is 10.1. The molecule has 2 rings (SSSR count). The van der Waals surface area contributed by atoms with Gasteiger partial charge in [0.2, 0.25) is 0 Å². The Bertz CT molecular complexity index is 609. The van der Waals surface area contributed by atoms with Crippen molar-refractivity contribution >= 4 is 0 Å². The Morgan fingerprint density at radius 1 is 0.630 bits per heavy atom. The summed E-state index contributed by atoms with van der Waals surface area (Å²) in [6.07, 6.45) is 14.5. The Kier molecular flexibility index (Phi) is 10.2. The van der Waals surface area contributed by atoms with Gasteiger partial charge in [-0.05, 0) is 12.8 Å². The molecular formula is C23H34NO3+. The van der Waals surface area contributed by atoms with E-state index in [1.54, 1.807) is 14.2 Å². The molecule has 0 N–H and O–H groups in total. The normalized spacial score (nSPS) is 10.6. The zero-order valence-electron chi connectivity index (χ0n) is 16.9. The van der Waals surface area contributed by atoms with Crippen LogP contribution in [-0.4, -0.2) is 20.8 Å². The summed E-state index contributed by atoms with van der Waals surface area (Å²) in [6.45, 7) is 1.87. The molecule has 148 valence electrons. The highest BCUT2D eigenvalue weighted by Gasteiger charge is 2.03. The van der Waals surface area contributed by atoms with Crippen LogP contribution in [0.15, 0.2) is 48.8 Å². The highest BCUT2D eigenvalue weighted by atomic mass is 16.5. The summed E-state index contributed by atoms with van der Waals surface area (Å²) in [5, 5.41) is 0. The molecule has 2 aromatic rings. The van der Waals surface area contributed by atoms with Gasteiger partial charge in [-0.1, -0.05) is 38.2 Å². The molecule has 0 radical (unpaired) electrons. The van der Waals surface area contributed by atoms with Crippen LogP contribution in [0.2, 0.25) is 0 Å². The number of aryl methyl sites for hydroxylation is 1. The van der Waals surface area contributed by atoms with E-state index in [0.717, 1.165) is 36.8 Å². The third kappa shape index (κ3) is 8.80. The van der Waals surface area contributed by atoms with Gasteiger partial charge in [0.25, 0.3) is 0 Å². The number of ether oxygens (including phenoxy) is 3. The lowest BCUT2D eigenvalue weighted by Gasteiger charge is -2.10. The highest BCUT2D eigenvalue weighted by molar-refractivity contribution is 5.41. The largest absolute Gasteiger partial charge is 0.496 e. The van der Waals surface area contributed by atoms with Crippen LogP contribution in [0.3, 0.4) is 0 Å². The van der Waals surface area contributed by atoms with Crippen molar-refractivity contribution in [1.29, 1.82) is 0 Å². The van der Waals surface area contributed by atoms with Crippen LogP contribution >= 0.6 is 0 Å². The first-order valence-corrected chi connectivity index (χ1v) is 10.1. The maximum absolute atomic E-state index is 5.83. The van der Waals surface area contributed by atoms with Crippen LogP contribution in [0.1, 0.15) is 51.4 Å². The molecule has 0 unspecified atom stereocenters. The topological polar surface area (TPSA) is 31.6 Å². The molecule has 0 aliphatic heterocycles. The fourth-order valence-corrected chi connectivity index (χ4v) is 3.10. The van der Waals surface area contributed by atoms with Crippen LogP contribution in [-0.2, 0) is 6.54 Å². The summed E-state index contributed by atoms with van der Waals surface area (Å²) in [6, 6.07) is 11.9. The lowest BCUT2D eigenvalue weighted by Crippen LogP contribution is -2.32. The number of hydrogen-bond acceptors (Lipinski definition) is 3. The van der Waals surface area contributed by atoms with Crippen molar-refractivity contribution < 1.29 is 18.8 Å². The molecule has 0 aliphatic carbocycles. The fraction of sp³-hybridized carbons (Fsp3) is 0.522. The average molecular weight is 373 g/mol. The van der Waals surface area contributed by atoms with E-state index in [0.29, 0.717) is 0 Å². The van der Waals surface area contributed by atoms with Crippen molar-refractivity contribution in [2.75, 3.05) is 20.8 Å². The van der Waals surface area contributed by atoms with Crippen LogP contribution in [0.5, 0.6) is 17.2 Å². The molecule has 1 aromatic heterocycles. The Balaban J connectivity index is 1.45. The maximum Gasteiger partial charge on any atom is 0.168 e. The van der Waals surface area contributed by atoms with Crippen molar-refractivity contribution in [3.05, 3.63) is 48.8 Å². The number of rotatable bonds is 14. The number of aromatic nitrogens is 1. The van der Waals surface area contributed by atoms with Gasteiger partial charge in [0.1, 0.15) is 23.8 Å². The van der Waals surface area contributed by atoms with E-state index in [1.807, 2.05) is 18.2 Å². The highest BCUT2D eigenvalue weighted by Crippen LogP contribution is 2.27. The first-order chi connectivity index (χ1) is 13.3. The zero-order valence-corrected chi connectivity index (χ0v) is 16.9. The fourth-order valence-electron chi connectivity index (χ4n) is 3.10. The smallest absolute Gasteiger partial charge is 0.168 e. The van der Waals surface area contributed by atoms with Gasteiger partial charge < -0.3 is 14.2 Å². The van der Waals surface area contributed by atoms with Crippen LogP contribution < -0.4 is 18.8 Å². The standard InChI is InChI=1S/C23H34NO3/c1-25-21-18-22(26-2)20-23(19-21)27-17-13-8-6-4-3-5-7-10-14-24-15-11-9-12-16-24/h9,11-12,15-16,18-20H,3-8,10,13-14,17H2,1-2H3/q+1. The van der Waals surface area contributed by atoms with Crippen molar-refractivity contribution in [2.24, 2.45) is 0 Å². The summed E-state index contributed by atoms with van der Waals surface area (Å²) in [7, 11) is 3.30. The number of hydrogen-bond donors (Lipinski definition) is 0. The Morgan fingerprint density at radius 3 is 1.74 bits per heavy atom. The third-order valence-electron chi connectivity index (χ3n) is 4.68. The Hall–Kier alpha value is -2.23. The van der Waals surface area contributed by atoms with E-state index in [4.69, 9.17) is 14.2 Å². The summed E-state index contributed by atoms with van der Waals surface area (Å²) in [5.41, 5.74) is 0.